The average molecular weight is 312 g/mol. The predicted molar refractivity (Wildman–Crippen MR) is 82.8 cm³/mol. The third-order valence-electron chi connectivity index (χ3n) is 4.21. The molecule has 0 atom stereocenters. The molecular weight excluding hydrogens is 290 g/mol. The van der Waals surface area contributed by atoms with Crippen LogP contribution in [0, 0.1) is 0 Å². The van der Waals surface area contributed by atoms with Crippen molar-refractivity contribution < 1.29 is 14.3 Å². The first kappa shape index (κ1) is 16.3. The highest BCUT2D eigenvalue weighted by Gasteiger charge is 2.52. The van der Waals surface area contributed by atoms with Gasteiger partial charge in [-0.05, 0) is 18.4 Å². The van der Waals surface area contributed by atoms with E-state index in [1.807, 2.05) is 30.3 Å². The fraction of sp³-hybridized carbons (Fsp3) is 0.562. The molecule has 1 aromatic carbocycles. The highest BCUT2D eigenvalue weighted by molar-refractivity contribution is 5.86. The third kappa shape index (κ3) is 3.76. The van der Waals surface area contributed by atoms with Gasteiger partial charge in [-0.15, -0.1) is 12.4 Å². The average Bonchev–Trinajstić information content (AvgIpc) is 3.31. The second-order valence-corrected chi connectivity index (χ2v) is 5.54. The summed E-state index contributed by atoms with van der Waals surface area (Å²) in [5, 5.41) is 0. The Balaban J connectivity index is 0.00000161. The Morgan fingerprint density at radius 3 is 2.48 bits per heavy atom. The summed E-state index contributed by atoms with van der Waals surface area (Å²) in [5.41, 5.74) is 0.739. The van der Waals surface area contributed by atoms with Gasteiger partial charge in [0.05, 0.1) is 18.6 Å². The monoisotopic (exact) mass is 311 g/mol. The van der Waals surface area contributed by atoms with E-state index in [9.17, 15) is 4.79 Å². The van der Waals surface area contributed by atoms with Crippen molar-refractivity contribution in [2.45, 2.75) is 18.3 Å². The first-order chi connectivity index (χ1) is 9.81. The van der Waals surface area contributed by atoms with Crippen molar-refractivity contribution in [1.82, 2.24) is 4.90 Å². The molecule has 0 aromatic heterocycles. The summed E-state index contributed by atoms with van der Waals surface area (Å²) in [6.45, 7) is 4.71. The van der Waals surface area contributed by atoms with Gasteiger partial charge < -0.3 is 9.47 Å². The Bertz CT molecular complexity index is 456. The lowest BCUT2D eigenvalue weighted by atomic mass is 9.96. The van der Waals surface area contributed by atoms with Crippen LogP contribution in [0.15, 0.2) is 30.3 Å². The number of ether oxygens (including phenoxy) is 2. The van der Waals surface area contributed by atoms with Crippen LogP contribution >= 0.6 is 12.4 Å². The minimum atomic E-state index is -0.355. The first-order valence-electron chi connectivity index (χ1n) is 7.34. The maximum absolute atomic E-state index is 12.3. The minimum absolute atomic E-state index is 0. The maximum atomic E-state index is 12.3. The summed E-state index contributed by atoms with van der Waals surface area (Å²) in [7, 11) is 0. The molecular formula is C16H22ClNO3. The molecule has 3 rings (SSSR count). The molecule has 0 amide bonds. The van der Waals surface area contributed by atoms with Crippen LogP contribution in [0.1, 0.15) is 18.4 Å². The molecule has 2 fully saturated rings. The van der Waals surface area contributed by atoms with Gasteiger partial charge in [-0.25, -0.2) is 0 Å². The lowest BCUT2D eigenvalue weighted by Crippen LogP contribution is -2.39. The summed E-state index contributed by atoms with van der Waals surface area (Å²) in [6, 6.07) is 9.99. The number of benzene rings is 1. The van der Waals surface area contributed by atoms with Gasteiger partial charge in [0.2, 0.25) is 0 Å². The van der Waals surface area contributed by atoms with Crippen LogP contribution in [0.3, 0.4) is 0 Å². The number of nitrogens with zero attached hydrogens (tertiary/aromatic N) is 1. The summed E-state index contributed by atoms with van der Waals surface area (Å²) in [6.07, 6.45) is 1.82. The van der Waals surface area contributed by atoms with Crippen molar-refractivity contribution in [1.29, 1.82) is 0 Å². The first-order valence-corrected chi connectivity index (χ1v) is 7.34. The van der Waals surface area contributed by atoms with Crippen molar-refractivity contribution >= 4 is 18.4 Å². The van der Waals surface area contributed by atoms with Crippen LogP contribution in [-0.2, 0) is 19.7 Å². The van der Waals surface area contributed by atoms with E-state index >= 15 is 0 Å². The maximum Gasteiger partial charge on any atom is 0.316 e. The van der Waals surface area contributed by atoms with E-state index in [1.54, 1.807) is 0 Å². The van der Waals surface area contributed by atoms with Crippen molar-refractivity contribution in [3.63, 3.8) is 0 Å². The van der Waals surface area contributed by atoms with Gasteiger partial charge in [-0.2, -0.15) is 0 Å². The van der Waals surface area contributed by atoms with Gasteiger partial charge in [-0.3, -0.25) is 9.69 Å². The number of morpholine rings is 1. The summed E-state index contributed by atoms with van der Waals surface area (Å²) in [5.74, 6) is -0.0584. The fourth-order valence-corrected chi connectivity index (χ4v) is 2.72. The van der Waals surface area contributed by atoms with Crippen molar-refractivity contribution in [3.8, 4) is 0 Å². The van der Waals surface area contributed by atoms with Gasteiger partial charge in [0.15, 0.2) is 0 Å². The van der Waals surface area contributed by atoms with Crippen molar-refractivity contribution in [2.24, 2.45) is 0 Å². The topological polar surface area (TPSA) is 38.8 Å². The van der Waals surface area contributed by atoms with Gasteiger partial charge in [0, 0.05) is 19.6 Å². The molecule has 4 nitrogen and oxygen atoms in total. The van der Waals surface area contributed by atoms with E-state index in [-0.39, 0.29) is 23.8 Å². The number of rotatable bonds is 5. The molecule has 2 aliphatic rings. The normalized spacial score (nSPS) is 20.4. The molecule has 1 aromatic rings. The van der Waals surface area contributed by atoms with Crippen LogP contribution in [-0.4, -0.2) is 50.3 Å². The Hall–Kier alpha value is -1.10. The predicted octanol–water partition coefficient (Wildman–Crippen LogP) is 2.02. The van der Waals surface area contributed by atoms with Gasteiger partial charge >= 0.3 is 5.97 Å². The third-order valence-corrected chi connectivity index (χ3v) is 4.21. The van der Waals surface area contributed by atoms with Gasteiger partial charge in [-0.1, -0.05) is 30.3 Å². The van der Waals surface area contributed by atoms with E-state index in [1.165, 1.54) is 0 Å². The molecule has 1 aliphatic heterocycles. The van der Waals surface area contributed by atoms with Crippen LogP contribution < -0.4 is 0 Å². The van der Waals surface area contributed by atoms with Crippen LogP contribution in [0.2, 0.25) is 0 Å². The van der Waals surface area contributed by atoms with Gasteiger partial charge in [0.1, 0.15) is 6.61 Å². The Kier molecular flexibility index (Phi) is 5.62. The Labute approximate surface area is 131 Å². The molecule has 0 unspecified atom stereocenters. The molecule has 5 heteroatoms. The fourth-order valence-electron chi connectivity index (χ4n) is 2.72. The number of hydrogen-bond acceptors (Lipinski definition) is 4. The molecule has 1 saturated carbocycles. The number of carbonyl (C=O) groups is 1. The van der Waals surface area contributed by atoms with E-state index < -0.39 is 0 Å². The molecule has 21 heavy (non-hydrogen) atoms. The highest BCUT2D eigenvalue weighted by atomic mass is 35.5. The van der Waals surface area contributed by atoms with E-state index in [0.717, 1.165) is 51.3 Å². The standard InChI is InChI=1S/C16H21NO3.ClH/c18-15(20-13-10-17-8-11-19-12-9-17)16(6-7-16)14-4-2-1-3-5-14;/h1-5H,6-13H2;1H. The van der Waals surface area contributed by atoms with Gasteiger partial charge in [0.25, 0.3) is 0 Å². The zero-order valence-electron chi connectivity index (χ0n) is 12.1. The minimum Gasteiger partial charge on any atom is -0.464 e. The largest absolute Gasteiger partial charge is 0.464 e. The number of esters is 1. The number of hydrogen-bond donors (Lipinski definition) is 0. The molecule has 1 aliphatic carbocycles. The molecule has 0 radical (unpaired) electrons. The van der Waals surface area contributed by atoms with E-state index in [0.29, 0.717) is 6.61 Å². The van der Waals surface area contributed by atoms with E-state index in [2.05, 4.69) is 4.90 Å². The summed E-state index contributed by atoms with van der Waals surface area (Å²) >= 11 is 0. The Morgan fingerprint density at radius 1 is 1.19 bits per heavy atom. The Morgan fingerprint density at radius 2 is 1.86 bits per heavy atom. The van der Waals surface area contributed by atoms with Crippen molar-refractivity contribution in [2.75, 3.05) is 39.5 Å². The van der Waals surface area contributed by atoms with Crippen LogP contribution in [0.25, 0.3) is 0 Å². The number of carbonyl (C=O) groups excluding carboxylic acids is 1. The molecule has 1 saturated heterocycles. The highest BCUT2D eigenvalue weighted by Crippen LogP contribution is 2.49. The van der Waals surface area contributed by atoms with E-state index in [4.69, 9.17) is 9.47 Å². The molecule has 0 N–H and O–H groups in total. The smallest absolute Gasteiger partial charge is 0.316 e. The lowest BCUT2D eigenvalue weighted by Gasteiger charge is -2.26. The summed E-state index contributed by atoms with van der Waals surface area (Å²) in [4.78, 5) is 14.6. The second-order valence-electron chi connectivity index (χ2n) is 5.54. The lowest BCUT2D eigenvalue weighted by molar-refractivity contribution is -0.147. The molecule has 0 bridgehead atoms. The number of halogens is 1. The van der Waals surface area contributed by atoms with Crippen LogP contribution in [0.4, 0.5) is 0 Å². The molecule has 0 spiro atoms. The zero-order chi connectivity index (χ0) is 13.8. The summed E-state index contributed by atoms with van der Waals surface area (Å²) < 4.78 is 10.8. The van der Waals surface area contributed by atoms with Crippen LogP contribution in [0.5, 0.6) is 0 Å². The SMILES string of the molecule is Cl.O=C(OCCN1CCOCC1)C1(c2ccccc2)CC1. The van der Waals surface area contributed by atoms with Crippen molar-refractivity contribution in [3.05, 3.63) is 35.9 Å². The molecule has 116 valence electrons. The second kappa shape index (κ2) is 7.25. The molecule has 1 heterocycles. The zero-order valence-corrected chi connectivity index (χ0v) is 12.9. The quantitative estimate of drug-likeness (QED) is 0.780.